The fraction of sp³-hybridized carbons (Fsp3) is 0.733. The zero-order valence-corrected chi connectivity index (χ0v) is 13.8. The van der Waals surface area contributed by atoms with E-state index < -0.39 is 0 Å². The lowest BCUT2D eigenvalue weighted by Gasteiger charge is -2.30. The van der Waals surface area contributed by atoms with E-state index in [9.17, 15) is 9.59 Å². The van der Waals surface area contributed by atoms with E-state index in [1.807, 2.05) is 0 Å². The Morgan fingerprint density at radius 2 is 1.83 bits per heavy atom. The van der Waals surface area contributed by atoms with Gasteiger partial charge in [0, 0.05) is 38.0 Å². The summed E-state index contributed by atoms with van der Waals surface area (Å²) in [6.07, 6.45) is 5.48. The fourth-order valence-electron chi connectivity index (χ4n) is 3.17. The maximum atomic E-state index is 12.1. The molecular weight excluding hydrogens is 314 g/mol. The van der Waals surface area contributed by atoms with Crippen LogP contribution in [0.5, 0.6) is 0 Å². The number of anilines is 2. The molecule has 1 N–H and O–H groups in total. The Bertz CT molecular complexity index is 607. The molecule has 124 valence electrons. The summed E-state index contributed by atoms with van der Waals surface area (Å²) in [6.45, 7) is 2.40. The maximum absolute atomic E-state index is 12.1. The molecule has 2 saturated heterocycles. The topological polar surface area (TPSA) is 78.4 Å². The summed E-state index contributed by atoms with van der Waals surface area (Å²) in [5, 5.41) is 13.1. The molecule has 0 aromatic carbocycles. The first kappa shape index (κ1) is 14.9. The summed E-state index contributed by atoms with van der Waals surface area (Å²) in [4.78, 5) is 27.8. The summed E-state index contributed by atoms with van der Waals surface area (Å²) < 4.78 is 0. The molecule has 3 aliphatic rings. The standard InChI is InChI=1S/C15H21N5O2S/c21-12-2-1-7-20(12)15-18-17-14(23-15)19-8-5-10(6-9-19)13(22)16-11-3-4-11/h10-11H,1-9H2,(H,16,22). The molecule has 1 saturated carbocycles. The van der Waals surface area contributed by atoms with Crippen LogP contribution in [0.2, 0.25) is 0 Å². The molecule has 0 unspecified atom stereocenters. The molecule has 2 amide bonds. The number of piperidine rings is 1. The van der Waals surface area contributed by atoms with Crippen LogP contribution in [0.15, 0.2) is 0 Å². The van der Waals surface area contributed by atoms with Crippen molar-refractivity contribution >= 4 is 33.4 Å². The van der Waals surface area contributed by atoms with Crippen molar-refractivity contribution in [1.82, 2.24) is 15.5 Å². The Labute approximate surface area is 139 Å². The summed E-state index contributed by atoms with van der Waals surface area (Å²) in [5.74, 6) is 0.482. The van der Waals surface area contributed by atoms with Crippen molar-refractivity contribution in [2.75, 3.05) is 29.4 Å². The Balaban J connectivity index is 1.34. The molecule has 0 radical (unpaired) electrons. The van der Waals surface area contributed by atoms with Gasteiger partial charge in [0.25, 0.3) is 0 Å². The molecule has 23 heavy (non-hydrogen) atoms. The van der Waals surface area contributed by atoms with E-state index in [1.165, 1.54) is 11.3 Å². The molecule has 3 fully saturated rings. The van der Waals surface area contributed by atoms with Crippen LogP contribution < -0.4 is 15.1 Å². The molecule has 2 aliphatic heterocycles. The Kier molecular flexibility index (Phi) is 3.92. The first-order chi connectivity index (χ1) is 11.2. The van der Waals surface area contributed by atoms with Crippen molar-refractivity contribution in [3.8, 4) is 0 Å². The number of hydrogen-bond acceptors (Lipinski definition) is 6. The smallest absolute Gasteiger partial charge is 0.228 e. The monoisotopic (exact) mass is 335 g/mol. The number of hydrogen-bond donors (Lipinski definition) is 1. The van der Waals surface area contributed by atoms with E-state index in [4.69, 9.17) is 0 Å². The largest absolute Gasteiger partial charge is 0.353 e. The molecular formula is C15H21N5O2S. The predicted octanol–water partition coefficient (Wildman–Crippen LogP) is 1.16. The number of aromatic nitrogens is 2. The molecule has 7 nitrogen and oxygen atoms in total. The first-order valence-corrected chi connectivity index (χ1v) is 9.21. The summed E-state index contributed by atoms with van der Waals surface area (Å²) in [7, 11) is 0. The third-order valence-corrected chi connectivity index (χ3v) is 5.78. The van der Waals surface area contributed by atoms with Gasteiger partial charge in [-0.1, -0.05) is 11.3 Å². The van der Waals surface area contributed by atoms with Gasteiger partial charge < -0.3 is 10.2 Å². The summed E-state index contributed by atoms with van der Waals surface area (Å²) in [5.41, 5.74) is 0. The highest BCUT2D eigenvalue weighted by Crippen LogP contribution is 2.32. The number of nitrogens with one attached hydrogen (secondary N) is 1. The highest BCUT2D eigenvalue weighted by molar-refractivity contribution is 7.19. The van der Waals surface area contributed by atoms with Gasteiger partial charge in [-0.2, -0.15) is 0 Å². The molecule has 1 aromatic rings. The van der Waals surface area contributed by atoms with Gasteiger partial charge in [0.2, 0.25) is 22.1 Å². The van der Waals surface area contributed by atoms with Gasteiger partial charge in [-0.15, -0.1) is 10.2 Å². The van der Waals surface area contributed by atoms with E-state index in [1.54, 1.807) is 4.90 Å². The van der Waals surface area contributed by atoms with E-state index in [0.29, 0.717) is 17.6 Å². The first-order valence-electron chi connectivity index (χ1n) is 8.40. The van der Waals surface area contributed by atoms with Gasteiger partial charge in [0.15, 0.2) is 0 Å². The minimum atomic E-state index is 0.124. The maximum Gasteiger partial charge on any atom is 0.228 e. The molecule has 0 bridgehead atoms. The minimum absolute atomic E-state index is 0.124. The summed E-state index contributed by atoms with van der Waals surface area (Å²) >= 11 is 1.48. The lowest BCUT2D eigenvalue weighted by atomic mass is 9.96. The summed E-state index contributed by atoms with van der Waals surface area (Å²) in [6, 6.07) is 0.434. The zero-order valence-electron chi connectivity index (χ0n) is 13.0. The lowest BCUT2D eigenvalue weighted by Crippen LogP contribution is -2.41. The number of rotatable bonds is 4. The van der Waals surface area contributed by atoms with Crippen LogP contribution in [0.25, 0.3) is 0 Å². The number of carbonyl (C=O) groups excluding carboxylic acids is 2. The third-order valence-electron chi connectivity index (χ3n) is 4.77. The van der Waals surface area contributed by atoms with Gasteiger partial charge >= 0.3 is 0 Å². The minimum Gasteiger partial charge on any atom is -0.353 e. The van der Waals surface area contributed by atoms with Gasteiger partial charge in [0.1, 0.15) is 0 Å². The van der Waals surface area contributed by atoms with E-state index >= 15 is 0 Å². The van der Waals surface area contributed by atoms with E-state index in [-0.39, 0.29) is 17.7 Å². The number of nitrogens with zero attached hydrogens (tertiary/aromatic N) is 4. The quantitative estimate of drug-likeness (QED) is 0.893. The van der Waals surface area contributed by atoms with Crippen LogP contribution >= 0.6 is 11.3 Å². The highest BCUT2D eigenvalue weighted by atomic mass is 32.1. The van der Waals surface area contributed by atoms with Gasteiger partial charge in [-0.05, 0) is 32.1 Å². The average Bonchev–Trinajstić information content (AvgIpc) is 3.07. The second-order valence-electron chi connectivity index (χ2n) is 6.56. The van der Waals surface area contributed by atoms with Crippen LogP contribution in [-0.2, 0) is 9.59 Å². The van der Waals surface area contributed by atoms with Crippen LogP contribution in [0.3, 0.4) is 0 Å². The molecule has 1 aliphatic carbocycles. The zero-order chi connectivity index (χ0) is 15.8. The lowest BCUT2D eigenvalue weighted by molar-refractivity contribution is -0.125. The van der Waals surface area contributed by atoms with Gasteiger partial charge in [-0.25, -0.2) is 0 Å². The predicted molar refractivity (Wildman–Crippen MR) is 87.6 cm³/mol. The average molecular weight is 335 g/mol. The molecule has 4 rings (SSSR count). The number of amides is 2. The van der Waals surface area contributed by atoms with Crippen LogP contribution in [-0.4, -0.2) is 47.7 Å². The second-order valence-corrected chi connectivity index (χ2v) is 7.49. The fourth-order valence-corrected chi connectivity index (χ4v) is 4.12. The molecule has 3 heterocycles. The molecule has 0 spiro atoms. The van der Waals surface area contributed by atoms with Crippen LogP contribution in [0, 0.1) is 5.92 Å². The van der Waals surface area contributed by atoms with Crippen molar-refractivity contribution < 1.29 is 9.59 Å². The van der Waals surface area contributed by atoms with Crippen molar-refractivity contribution in [3.63, 3.8) is 0 Å². The van der Waals surface area contributed by atoms with Crippen molar-refractivity contribution in [1.29, 1.82) is 0 Å². The normalized spacial score (nSPS) is 22.7. The van der Waals surface area contributed by atoms with Crippen molar-refractivity contribution in [2.45, 2.75) is 44.6 Å². The van der Waals surface area contributed by atoms with E-state index in [2.05, 4.69) is 20.4 Å². The van der Waals surface area contributed by atoms with Crippen LogP contribution in [0.1, 0.15) is 38.5 Å². The second kappa shape index (κ2) is 6.07. The third kappa shape index (κ3) is 3.17. The van der Waals surface area contributed by atoms with E-state index in [0.717, 1.165) is 56.9 Å². The Morgan fingerprint density at radius 1 is 1.09 bits per heavy atom. The van der Waals surface area contributed by atoms with Crippen LogP contribution in [0.4, 0.5) is 10.3 Å². The Morgan fingerprint density at radius 3 is 2.48 bits per heavy atom. The number of carbonyl (C=O) groups is 2. The highest BCUT2D eigenvalue weighted by Gasteiger charge is 2.31. The van der Waals surface area contributed by atoms with Gasteiger partial charge in [0.05, 0.1) is 0 Å². The van der Waals surface area contributed by atoms with Gasteiger partial charge in [-0.3, -0.25) is 14.5 Å². The molecule has 8 heteroatoms. The van der Waals surface area contributed by atoms with Crippen molar-refractivity contribution in [3.05, 3.63) is 0 Å². The SMILES string of the molecule is O=C(NC1CC1)C1CCN(c2nnc(N3CCCC3=O)s2)CC1. The van der Waals surface area contributed by atoms with Crippen molar-refractivity contribution in [2.24, 2.45) is 5.92 Å². The molecule has 1 aromatic heterocycles. The molecule has 0 atom stereocenters. The Hall–Kier alpha value is -1.70.